The van der Waals surface area contributed by atoms with E-state index in [1.54, 1.807) is 0 Å². The minimum atomic E-state index is -0.447. The molecular formula is C21H39N5O3. The number of nitrogens with zero attached hydrogens (tertiary/aromatic N) is 4. The molecule has 0 aromatic rings. The average molecular weight is 410 g/mol. The quantitative estimate of drug-likeness (QED) is 0.564. The van der Waals surface area contributed by atoms with Crippen molar-refractivity contribution in [3.05, 3.63) is 0 Å². The van der Waals surface area contributed by atoms with Crippen LogP contribution in [0.25, 0.3) is 0 Å². The number of carbonyl (C=O) groups excluding carboxylic acids is 1. The maximum atomic E-state index is 12.4. The molecule has 2 atom stereocenters. The van der Waals surface area contributed by atoms with Crippen LogP contribution in [0, 0.1) is 5.92 Å². The van der Waals surface area contributed by atoms with E-state index in [1.807, 2.05) is 32.7 Å². The van der Waals surface area contributed by atoms with Gasteiger partial charge in [-0.2, -0.15) is 0 Å². The van der Waals surface area contributed by atoms with E-state index in [1.165, 1.54) is 6.42 Å². The summed E-state index contributed by atoms with van der Waals surface area (Å²) < 4.78 is 11.0. The van der Waals surface area contributed by atoms with E-state index >= 15 is 0 Å². The van der Waals surface area contributed by atoms with Crippen LogP contribution in [0.5, 0.6) is 0 Å². The summed E-state index contributed by atoms with van der Waals surface area (Å²) in [6.45, 7) is 13.9. The van der Waals surface area contributed by atoms with Crippen LogP contribution in [0.1, 0.15) is 40.0 Å². The molecule has 8 nitrogen and oxygen atoms in total. The van der Waals surface area contributed by atoms with Crippen LogP contribution < -0.4 is 5.32 Å². The van der Waals surface area contributed by atoms with Gasteiger partial charge in [0.15, 0.2) is 5.96 Å². The zero-order valence-electron chi connectivity index (χ0n) is 18.7. The third kappa shape index (κ3) is 6.47. The standard InChI is InChI=1S/C21H39N5O3/c1-21(2,3)29-20(27)26-8-5-6-17(15-26)14-23-19(22-4)25-9-7-18(16-25)24-10-12-28-13-11-24/h17-18H,5-16H2,1-4H3,(H,22,23). The monoisotopic (exact) mass is 409 g/mol. The van der Waals surface area contributed by atoms with Crippen molar-refractivity contribution in [2.24, 2.45) is 10.9 Å². The van der Waals surface area contributed by atoms with Crippen molar-refractivity contribution in [2.75, 3.05) is 66.1 Å². The number of likely N-dealkylation sites (tertiary alicyclic amines) is 2. The molecule has 3 aliphatic rings. The second-order valence-electron chi connectivity index (χ2n) is 9.40. The van der Waals surface area contributed by atoms with Crippen molar-refractivity contribution >= 4 is 12.1 Å². The molecule has 0 bridgehead atoms. The highest BCUT2D eigenvalue weighted by Crippen LogP contribution is 2.20. The van der Waals surface area contributed by atoms with Gasteiger partial charge in [-0.15, -0.1) is 0 Å². The number of morpholine rings is 1. The highest BCUT2D eigenvalue weighted by atomic mass is 16.6. The lowest BCUT2D eigenvalue weighted by atomic mass is 9.98. The molecule has 3 saturated heterocycles. The second-order valence-corrected chi connectivity index (χ2v) is 9.40. The van der Waals surface area contributed by atoms with E-state index in [9.17, 15) is 4.79 Å². The number of nitrogens with one attached hydrogen (secondary N) is 1. The van der Waals surface area contributed by atoms with Gasteiger partial charge in [-0.25, -0.2) is 4.79 Å². The van der Waals surface area contributed by atoms with Crippen LogP contribution >= 0.6 is 0 Å². The number of piperidine rings is 1. The van der Waals surface area contributed by atoms with Gasteiger partial charge in [0.2, 0.25) is 0 Å². The van der Waals surface area contributed by atoms with Crippen molar-refractivity contribution in [2.45, 2.75) is 51.7 Å². The molecule has 0 radical (unpaired) electrons. The Morgan fingerprint density at radius 2 is 1.86 bits per heavy atom. The van der Waals surface area contributed by atoms with Crippen LogP contribution in [0.4, 0.5) is 4.79 Å². The summed E-state index contributed by atoms with van der Waals surface area (Å²) in [4.78, 5) is 23.7. The number of hydrogen-bond donors (Lipinski definition) is 1. The van der Waals surface area contributed by atoms with Gasteiger partial charge in [0.05, 0.1) is 13.2 Å². The molecule has 3 fully saturated rings. The molecule has 8 heteroatoms. The Morgan fingerprint density at radius 3 is 2.55 bits per heavy atom. The zero-order valence-corrected chi connectivity index (χ0v) is 18.7. The number of carbonyl (C=O) groups is 1. The predicted octanol–water partition coefficient (Wildman–Crippen LogP) is 1.62. The Bertz CT molecular complexity index is 571. The van der Waals surface area contributed by atoms with Gasteiger partial charge in [0, 0.05) is 58.9 Å². The molecule has 29 heavy (non-hydrogen) atoms. The molecule has 0 spiro atoms. The van der Waals surface area contributed by atoms with Crippen molar-refractivity contribution in [3.8, 4) is 0 Å². The van der Waals surface area contributed by atoms with Gasteiger partial charge in [-0.05, 0) is 46.0 Å². The molecule has 2 unspecified atom stereocenters. The fourth-order valence-corrected chi connectivity index (χ4v) is 4.47. The van der Waals surface area contributed by atoms with Gasteiger partial charge < -0.3 is 24.6 Å². The smallest absolute Gasteiger partial charge is 0.410 e. The van der Waals surface area contributed by atoms with Crippen LogP contribution in [0.3, 0.4) is 0 Å². The van der Waals surface area contributed by atoms with E-state index < -0.39 is 5.60 Å². The first-order valence-electron chi connectivity index (χ1n) is 11.1. The van der Waals surface area contributed by atoms with E-state index in [2.05, 4.69) is 20.1 Å². The SMILES string of the molecule is CN=C(NCC1CCCN(C(=O)OC(C)(C)C)C1)N1CCC(N2CCOCC2)C1. The molecule has 1 N–H and O–H groups in total. The largest absolute Gasteiger partial charge is 0.444 e. The minimum Gasteiger partial charge on any atom is -0.444 e. The Balaban J connectivity index is 1.45. The molecule has 0 aromatic carbocycles. The van der Waals surface area contributed by atoms with Gasteiger partial charge >= 0.3 is 6.09 Å². The third-order valence-electron chi connectivity index (χ3n) is 5.96. The Labute approximate surface area is 175 Å². The summed E-state index contributed by atoms with van der Waals surface area (Å²) in [7, 11) is 1.86. The van der Waals surface area contributed by atoms with Gasteiger partial charge in [0.25, 0.3) is 0 Å². The number of hydrogen-bond acceptors (Lipinski definition) is 5. The first-order chi connectivity index (χ1) is 13.9. The first kappa shape index (κ1) is 22.2. The molecule has 0 aliphatic carbocycles. The van der Waals surface area contributed by atoms with Crippen LogP contribution in [0.15, 0.2) is 4.99 Å². The first-order valence-corrected chi connectivity index (χ1v) is 11.1. The number of amides is 1. The minimum absolute atomic E-state index is 0.195. The maximum absolute atomic E-state index is 12.4. The van der Waals surface area contributed by atoms with Crippen LogP contribution in [-0.4, -0.2) is 104 Å². The van der Waals surface area contributed by atoms with Crippen LogP contribution in [0.2, 0.25) is 0 Å². The Morgan fingerprint density at radius 1 is 1.10 bits per heavy atom. The molecule has 0 saturated carbocycles. The van der Waals surface area contributed by atoms with Gasteiger partial charge in [0.1, 0.15) is 5.60 Å². The van der Waals surface area contributed by atoms with Crippen LogP contribution in [-0.2, 0) is 9.47 Å². The summed E-state index contributed by atoms with van der Waals surface area (Å²) in [5.74, 6) is 1.40. The second kappa shape index (κ2) is 9.98. The van der Waals surface area contributed by atoms with E-state index in [4.69, 9.17) is 9.47 Å². The third-order valence-corrected chi connectivity index (χ3v) is 5.96. The summed E-state index contributed by atoms with van der Waals surface area (Å²) >= 11 is 0. The summed E-state index contributed by atoms with van der Waals surface area (Å²) in [6, 6.07) is 0.592. The van der Waals surface area contributed by atoms with Crippen molar-refractivity contribution in [1.82, 2.24) is 20.0 Å². The molecule has 1 amide bonds. The molecule has 3 heterocycles. The molecule has 3 rings (SSSR count). The predicted molar refractivity (Wildman–Crippen MR) is 114 cm³/mol. The molecule has 0 aromatic heterocycles. The number of rotatable bonds is 3. The van der Waals surface area contributed by atoms with E-state index in [-0.39, 0.29) is 6.09 Å². The molecule has 3 aliphatic heterocycles. The lowest BCUT2D eigenvalue weighted by molar-refractivity contribution is 0.0168. The molecular weight excluding hydrogens is 370 g/mol. The average Bonchev–Trinajstić information content (AvgIpc) is 3.18. The number of aliphatic imine (C=N–C) groups is 1. The van der Waals surface area contributed by atoms with Gasteiger partial charge in [-0.1, -0.05) is 0 Å². The van der Waals surface area contributed by atoms with Crippen molar-refractivity contribution < 1.29 is 14.3 Å². The summed E-state index contributed by atoms with van der Waals surface area (Å²) in [5.41, 5.74) is -0.447. The van der Waals surface area contributed by atoms with E-state index in [0.717, 1.165) is 77.8 Å². The van der Waals surface area contributed by atoms with Gasteiger partial charge in [-0.3, -0.25) is 9.89 Å². The lowest BCUT2D eigenvalue weighted by Gasteiger charge is -2.35. The summed E-state index contributed by atoms with van der Waals surface area (Å²) in [5, 5.41) is 3.57. The van der Waals surface area contributed by atoms with Crippen molar-refractivity contribution in [3.63, 3.8) is 0 Å². The fraction of sp³-hybridized carbons (Fsp3) is 0.905. The Hall–Kier alpha value is -1.54. The van der Waals surface area contributed by atoms with Crippen molar-refractivity contribution in [1.29, 1.82) is 0 Å². The topological polar surface area (TPSA) is 69.6 Å². The highest BCUT2D eigenvalue weighted by Gasteiger charge is 2.31. The normalized spacial score (nSPS) is 27.2. The lowest BCUT2D eigenvalue weighted by Crippen LogP contribution is -2.49. The summed E-state index contributed by atoms with van der Waals surface area (Å²) in [6.07, 6.45) is 3.13. The van der Waals surface area contributed by atoms with E-state index in [0.29, 0.717) is 12.0 Å². The fourth-order valence-electron chi connectivity index (χ4n) is 4.47. The maximum Gasteiger partial charge on any atom is 0.410 e. The highest BCUT2D eigenvalue weighted by molar-refractivity contribution is 5.80. The molecule has 166 valence electrons. The number of ether oxygens (including phenoxy) is 2. The number of guanidine groups is 1. The zero-order chi connectivity index (χ0) is 20.9. The Kier molecular flexibility index (Phi) is 7.62.